The van der Waals surface area contributed by atoms with E-state index < -0.39 is 12.0 Å². The molecule has 0 bridgehead atoms. The van der Waals surface area contributed by atoms with Gasteiger partial charge >= 0.3 is 6.09 Å². The second kappa shape index (κ2) is 10.1. The quantitative estimate of drug-likeness (QED) is 0.422. The summed E-state index contributed by atoms with van der Waals surface area (Å²) in [6.45, 7) is 0.483. The Labute approximate surface area is 169 Å². The average Bonchev–Trinajstić information content (AvgIpc) is 2.79. The zero-order valence-electron chi connectivity index (χ0n) is 15.7. The first kappa shape index (κ1) is 20.1. The van der Waals surface area contributed by atoms with Gasteiger partial charge in [0.1, 0.15) is 6.61 Å². The van der Waals surface area contributed by atoms with Crippen molar-refractivity contribution in [2.45, 2.75) is 12.5 Å². The number of hydrogen-bond donors (Lipinski definition) is 3. The summed E-state index contributed by atoms with van der Waals surface area (Å²) in [5, 5.41) is 11.3. The lowest BCUT2D eigenvalue weighted by molar-refractivity contribution is 0.0706. The minimum Gasteiger partial charge on any atom is -0.449 e. The van der Waals surface area contributed by atoms with Crippen molar-refractivity contribution in [3.8, 4) is 0 Å². The largest absolute Gasteiger partial charge is 0.449 e. The highest BCUT2D eigenvalue weighted by molar-refractivity contribution is 5.93. The van der Waals surface area contributed by atoms with Crippen molar-refractivity contribution < 1.29 is 19.5 Å². The first-order valence-corrected chi connectivity index (χ1v) is 9.21. The summed E-state index contributed by atoms with van der Waals surface area (Å²) in [6.07, 6.45) is -0.515. The molecule has 0 aliphatic heterocycles. The first-order chi connectivity index (χ1) is 14.2. The number of alkyl carbamates (subject to hydrolysis) is 1. The average molecular weight is 390 g/mol. The van der Waals surface area contributed by atoms with E-state index in [9.17, 15) is 9.59 Å². The summed E-state index contributed by atoms with van der Waals surface area (Å²) < 4.78 is 5.47. The van der Waals surface area contributed by atoms with Crippen LogP contribution in [0.15, 0.2) is 84.9 Å². The summed E-state index contributed by atoms with van der Waals surface area (Å²) in [4.78, 5) is 23.5. The van der Waals surface area contributed by atoms with Crippen LogP contribution in [0, 0.1) is 0 Å². The van der Waals surface area contributed by atoms with Crippen LogP contribution in [0.3, 0.4) is 0 Å². The molecule has 148 valence electrons. The Morgan fingerprint density at radius 1 is 0.828 bits per heavy atom. The van der Waals surface area contributed by atoms with E-state index in [1.807, 2.05) is 60.7 Å². The number of hydrogen-bond acceptors (Lipinski definition) is 4. The Hall–Kier alpha value is -3.64. The Kier molecular flexibility index (Phi) is 6.97. The molecule has 0 saturated heterocycles. The molecule has 29 heavy (non-hydrogen) atoms. The van der Waals surface area contributed by atoms with Gasteiger partial charge in [0.2, 0.25) is 0 Å². The van der Waals surface area contributed by atoms with Crippen molar-refractivity contribution >= 4 is 12.0 Å². The topological polar surface area (TPSA) is 87.7 Å². The Morgan fingerprint density at radius 3 is 1.90 bits per heavy atom. The van der Waals surface area contributed by atoms with Crippen LogP contribution in [-0.2, 0) is 11.3 Å². The molecule has 3 rings (SSSR count). The smallest absolute Gasteiger partial charge is 0.407 e. The number of rotatable bonds is 7. The van der Waals surface area contributed by atoms with Crippen molar-refractivity contribution in [2.75, 3.05) is 6.61 Å². The third-order valence-electron chi connectivity index (χ3n) is 4.54. The van der Waals surface area contributed by atoms with Crippen LogP contribution in [0.4, 0.5) is 4.79 Å². The monoisotopic (exact) mass is 390 g/mol. The van der Waals surface area contributed by atoms with E-state index in [1.165, 1.54) is 0 Å². The molecule has 3 aromatic rings. The molecule has 0 heterocycles. The van der Waals surface area contributed by atoms with Crippen molar-refractivity contribution in [3.63, 3.8) is 0 Å². The van der Waals surface area contributed by atoms with Gasteiger partial charge in [0.15, 0.2) is 0 Å². The summed E-state index contributed by atoms with van der Waals surface area (Å²) in [5.41, 5.74) is 4.85. The summed E-state index contributed by atoms with van der Waals surface area (Å²) >= 11 is 0. The van der Waals surface area contributed by atoms with Crippen LogP contribution in [0.1, 0.15) is 33.0 Å². The first-order valence-electron chi connectivity index (χ1n) is 9.21. The van der Waals surface area contributed by atoms with Crippen LogP contribution in [0.5, 0.6) is 0 Å². The van der Waals surface area contributed by atoms with Gasteiger partial charge in [0.05, 0.1) is 0 Å². The van der Waals surface area contributed by atoms with E-state index in [4.69, 9.17) is 9.94 Å². The lowest BCUT2D eigenvalue weighted by Gasteiger charge is -2.18. The fourth-order valence-electron chi connectivity index (χ4n) is 2.98. The second-order valence-corrected chi connectivity index (χ2v) is 6.46. The van der Waals surface area contributed by atoms with Crippen molar-refractivity contribution in [2.24, 2.45) is 0 Å². The molecule has 6 heteroatoms. The molecule has 0 atom stereocenters. The third-order valence-corrected chi connectivity index (χ3v) is 4.54. The Balaban J connectivity index is 1.57. The minimum atomic E-state index is -0.586. The molecule has 0 radical (unpaired) electrons. The number of amides is 2. The molecule has 0 fully saturated rings. The predicted molar refractivity (Wildman–Crippen MR) is 109 cm³/mol. The maximum absolute atomic E-state index is 12.2. The van der Waals surface area contributed by atoms with Crippen LogP contribution >= 0.6 is 0 Å². The van der Waals surface area contributed by atoms with Gasteiger partial charge < -0.3 is 10.1 Å². The van der Waals surface area contributed by atoms with E-state index in [-0.39, 0.29) is 19.1 Å². The molecular formula is C23H22N2O4. The fourth-order valence-corrected chi connectivity index (χ4v) is 2.98. The third kappa shape index (κ3) is 5.67. The van der Waals surface area contributed by atoms with Crippen LogP contribution < -0.4 is 10.8 Å². The SMILES string of the molecule is O=C(NCc1ccc(C(=O)NO)cc1)OCC(c1ccccc1)c1ccccc1. The van der Waals surface area contributed by atoms with E-state index in [1.54, 1.807) is 29.7 Å². The van der Waals surface area contributed by atoms with E-state index >= 15 is 0 Å². The van der Waals surface area contributed by atoms with Crippen LogP contribution in [-0.4, -0.2) is 23.8 Å². The fraction of sp³-hybridized carbons (Fsp3) is 0.130. The molecule has 3 aromatic carbocycles. The molecule has 0 aromatic heterocycles. The number of ether oxygens (including phenoxy) is 1. The maximum atomic E-state index is 12.2. The van der Waals surface area contributed by atoms with Crippen LogP contribution in [0.25, 0.3) is 0 Å². The molecule has 0 unspecified atom stereocenters. The number of carbonyl (C=O) groups is 2. The van der Waals surface area contributed by atoms with Crippen molar-refractivity contribution in [1.82, 2.24) is 10.8 Å². The zero-order chi connectivity index (χ0) is 20.5. The van der Waals surface area contributed by atoms with E-state index in [2.05, 4.69) is 5.32 Å². The normalized spacial score (nSPS) is 10.4. The number of carbonyl (C=O) groups excluding carboxylic acids is 2. The van der Waals surface area contributed by atoms with Gasteiger partial charge in [0.25, 0.3) is 5.91 Å². The molecule has 0 aliphatic carbocycles. The lowest BCUT2D eigenvalue weighted by Crippen LogP contribution is -2.26. The van der Waals surface area contributed by atoms with Gasteiger partial charge in [-0.3, -0.25) is 10.0 Å². The van der Waals surface area contributed by atoms with E-state index in [0.717, 1.165) is 16.7 Å². The standard InChI is InChI=1S/C23H22N2O4/c26-22(25-28)20-13-11-17(12-14-20)15-24-23(27)29-16-21(18-7-3-1-4-8-18)19-9-5-2-6-10-19/h1-14,21,28H,15-16H2,(H,24,27)(H,25,26). The Morgan fingerprint density at radius 2 is 1.38 bits per heavy atom. The van der Waals surface area contributed by atoms with Crippen molar-refractivity contribution in [3.05, 3.63) is 107 Å². The van der Waals surface area contributed by atoms with Gasteiger partial charge in [-0.2, -0.15) is 0 Å². The Bertz CT molecular complexity index is 889. The highest BCUT2D eigenvalue weighted by Gasteiger charge is 2.16. The highest BCUT2D eigenvalue weighted by atomic mass is 16.5. The molecular weight excluding hydrogens is 368 g/mol. The maximum Gasteiger partial charge on any atom is 0.407 e. The summed E-state index contributed by atoms with van der Waals surface area (Å²) in [5.74, 6) is -0.642. The highest BCUT2D eigenvalue weighted by Crippen LogP contribution is 2.24. The molecule has 0 aliphatic rings. The van der Waals surface area contributed by atoms with Gasteiger partial charge in [-0.15, -0.1) is 0 Å². The van der Waals surface area contributed by atoms with E-state index in [0.29, 0.717) is 5.56 Å². The van der Waals surface area contributed by atoms with Gasteiger partial charge in [-0.25, -0.2) is 10.3 Å². The molecule has 2 amide bonds. The van der Waals surface area contributed by atoms with Gasteiger partial charge in [-0.1, -0.05) is 72.8 Å². The number of benzene rings is 3. The lowest BCUT2D eigenvalue weighted by atomic mass is 9.92. The summed E-state index contributed by atoms with van der Waals surface area (Å²) in [7, 11) is 0. The molecule has 6 nitrogen and oxygen atoms in total. The molecule has 0 saturated carbocycles. The zero-order valence-corrected chi connectivity index (χ0v) is 15.7. The molecule has 0 spiro atoms. The second-order valence-electron chi connectivity index (χ2n) is 6.46. The summed E-state index contributed by atoms with van der Waals surface area (Å²) in [6, 6.07) is 26.4. The number of hydroxylamine groups is 1. The molecule has 3 N–H and O–H groups in total. The number of nitrogens with one attached hydrogen (secondary N) is 2. The van der Waals surface area contributed by atoms with Crippen molar-refractivity contribution in [1.29, 1.82) is 0 Å². The van der Waals surface area contributed by atoms with Gasteiger partial charge in [0, 0.05) is 18.0 Å². The van der Waals surface area contributed by atoms with Gasteiger partial charge in [-0.05, 0) is 28.8 Å². The van der Waals surface area contributed by atoms with Crippen LogP contribution in [0.2, 0.25) is 0 Å². The minimum absolute atomic E-state index is 0.0561. The predicted octanol–water partition coefficient (Wildman–Crippen LogP) is 3.86.